The summed E-state index contributed by atoms with van der Waals surface area (Å²) in [6.07, 6.45) is 2.67. The second kappa shape index (κ2) is 5.13. The van der Waals surface area contributed by atoms with Crippen molar-refractivity contribution in [3.8, 4) is 0 Å². The van der Waals surface area contributed by atoms with Crippen LogP contribution in [-0.2, 0) is 9.84 Å². The number of aromatic amines is 1. The number of H-pyrrole nitrogens is 1. The first kappa shape index (κ1) is 14.0. The first-order chi connectivity index (χ1) is 9.91. The van der Waals surface area contributed by atoms with E-state index in [0.717, 1.165) is 4.70 Å². The van der Waals surface area contributed by atoms with E-state index in [0.29, 0.717) is 16.5 Å². The van der Waals surface area contributed by atoms with Crippen LogP contribution in [0, 0.1) is 4.77 Å². The minimum absolute atomic E-state index is 0.264. The average molecular weight is 339 g/mol. The minimum atomic E-state index is -3.23. The van der Waals surface area contributed by atoms with Crippen molar-refractivity contribution in [2.45, 2.75) is 4.90 Å². The fourth-order valence-electron chi connectivity index (χ4n) is 1.67. The van der Waals surface area contributed by atoms with Crippen molar-refractivity contribution < 1.29 is 8.42 Å². The van der Waals surface area contributed by atoms with Gasteiger partial charge in [0, 0.05) is 6.26 Å². The summed E-state index contributed by atoms with van der Waals surface area (Å²) in [7, 11) is -3.23. The second-order valence-corrected chi connectivity index (χ2v) is 7.65. The van der Waals surface area contributed by atoms with Crippen LogP contribution in [0.15, 0.2) is 29.3 Å². The Morgan fingerprint density at radius 1 is 1.33 bits per heavy atom. The smallest absolute Gasteiger partial charge is 0.215 e. The van der Waals surface area contributed by atoms with E-state index in [1.54, 1.807) is 18.2 Å². The van der Waals surface area contributed by atoms with Crippen LogP contribution in [0.5, 0.6) is 0 Å². The number of nitrogens with one attached hydrogen (secondary N) is 2. The van der Waals surface area contributed by atoms with Crippen LogP contribution in [0.4, 0.5) is 10.9 Å². The Morgan fingerprint density at radius 2 is 2.14 bits per heavy atom. The van der Waals surface area contributed by atoms with Crippen LogP contribution in [0.2, 0.25) is 0 Å². The Kier molecular flexibility index (Phi) is 3.43. The van der Waals surface area contributed by atoms with Crippen LogP contribution in [0.25, 0.3) is 10.2 Å². The molecule has 0 fully saturated rings. The number of rotatable bonds is 3. The van der Waals surface area contributed by atoms with Gasteiger partial charge in [-0.2, -0.15) is 10.1 Å². The zero-order valence-electron chi connectivity index (χ0n) is 10.7. The summed E-state index contributed by atoms with van der Waals surface area (Å²) in [4.78, 5) is 8.68. The molecule has 0 aliphatic heterocycles. The topological polar surface area (TPSA) is 101 Å². The van der Waals surface area contributed by atoms with Crippen LogP contribution in [0.3, 0.4) is 0 Å². The third-order valence-corrected chi connectivity index (χ3v) is 4.82. The summed E-state index contributed by atoms with van der Waals surface area (Å²) in [5.74, 6) is 0.473. The molecule has 0 saturated carbocycles. The molecular weight excluding hydrogens is 330 g/mol. The van der Waals surface area contributed by atoms with E-state index in [1.807, 2.05) is 0 Å². The molecule has 21 heavy (non-hydrogen) atoms. The molecule has 0 amide bonds. The van der Waals surface area contributed by atoms with Gasteiger partial charge in [-0.1, -0.05) is 11.3 Å². The van der Waals surface area contributed by atoms with E-state index >= 15 is 0 Å². The van der Waals surface area contributed by atoms with Gasteiger partial charge in [-0.05, 0) is 30.4 Å². The predicted molar refractivity (Wildman–Crippen MR) is 83.2 cm³/mol. The molecule has 108 valence electrons. The number of sulfone groups is 1. The van der Waals surface area contributed by atoms with Crippen molar-refractivity contribution in [2.24, 2.45) is 0 Å². The average Bonchev–Trinajstić information content (AvgIpc) is 2.78. The molecule has 2 heterocycles. The monoisotopic (exact) mass is 339 g/mol. The number of hydrogen-bond donors (Lipinski definition) is 2. The van der Waals surface area contributed by atoms with Gasteiger partial charge in [-0.15, -0.1) is 0 Å². The van der Waals surface area contributed by atoms with Crippen molar-refractivity contribution in [2.75, 3.05) is 11.6 Å². The van der Waals surface area contributed by atoms with Gasteiger partial charge in [0.2, 0.25) is 4.77 Å². The van der Waals surface area contributed by atoms with E-state index in [4.69, 9.17) is 12.2 Å². The van der Waals surface area contributed by atoms with Crippen molar-refractivity contribution in [1.29, 1.82) is 0 Å². The molecule has 0 radical (unpaired) electrons. The number of nitrogens with zero attached hydrogens (tertiary/aromatic N) is 3. The molecule has 0 aliphatic rings. The molecule has 3 rings (SSSR count). The van der Waals surface area contributed by atoms with Crippen molar-refractivity contribution >= 4 is 54.6 Å². The third-order valence-electron chi connectivity index (χ3n) is 2.59. The minimum Gasteiger partial charge on any atom is -0.315 e. The lowest BCUT2D eigenvalue weighted by atomic mass is 10.3. The summed E-state index contributed by atoms with van der Waals surface area (Å²) >= 11 is 6.21. The number of anilines is 2. The highest BCUT2D eigenvalue weighted by atomic mass is 32.2. The second-order valence-electron chi connectivity index (χ2n) is 4.22. The van der Waals surface area contributed by atoms with Crippen molar-refractivity contribution in [1.82, 2.24) is 20.2 Å². The Hall–Kier alpha value is -1.91. The fraction of sp³-hybridized carbons (Fsp3) is 0.0909. The van der Waals surface area contributed by atoms with E-state index < -0.39 is 9.84 Å². The quantitative estimate of drug-likeness (QED) is 0.706. The maximum atomic E-state index is 11.5. The molecule has 0 aliphatic carbocycles. The first-order valence-corrected chi connectivity index (χ1v) is 8.83. The summed E-state index contributed by atoms with van der Waals surface area (Å²) in [5, 5.41) is 9.94. The van der Waals surface area contributed by atoms with Gasteiger partial charge in [0.1, 0.15) is 0 Å². The molecule has 0 unspecified atom stereocenters. The van der Waals surface area contributed by atoms with Gasteiger partial charge in [-0.25, -0.2) is 13.4 Å². The first-order valence-electron chi connectivity index (χ1n) is 5.71. The van der Waals surface area contributed by atoms with Gasteiger partial charge < -0.3 is 5.32 Å². The Bertz CT molecular complexity index is 977. The third kappa shape index (κ3) is 3.06. The Morgan fingerprint density at radius 3 is 2.86 bits per heavy atom. The highest BCUT2D eigenvalue weighted by Crippen LogP contribution is 2.29. The molecule has 0 bridgehead atoms. The van der Waals surface area contributed by atoms with Crippen LogP contribution in [-0.4, -0.2) is 34.8 Å². The largest absolute Gasteiger partial charge is 0.315 e. The molecule has 3 aromatic rings. The molecular formula is C11H9N5O2S3. The molecule has 1 aromatic carbocycles. The van der Waals surface area contributed by atoms with Gasteiger partial charge >= 0.3 is 0 Å². The van der Waals surface area contributed by atoms with Crippen LogP contribution < -0.4 is 5.32 Å². The van der Waals surface area contributed by atoms with Gasteiger partial charge in [-0.3, -0.25) is 5.10 Å². The lowest BCUT2D eigenvalue weighted by Crippen LogP contribution is -1.96. The molecule has 2 aromatic heterocycles. The van der Waals surface area contributed by atoms with E-state index in [2.05, 4.69) is 25.5 Å². The summed E-state index contributed by atoms with van der Waals surface area (Å²) in [5.41, 5.74) is 0.712. The van der Waals surface area contributed by atoms with Crippen molar-refractivity contribution in [3.63, 3.8) is 0 Å². The molecule has 0 atom stereocenters. The Balaban J connectivity index is 2.00. The van der Waals surface area contributed by atoms with E-state index in [9.17, 15) is 8.42 Å². The molecule has 0 spiro atoms. The molecule has 7 nitrogen and oxygen atoms in total. The van der Waals surface area contributed by atoms with Crippen molar-refractivity contribution in [3.05, 3.63) is 29.2 Å². The highest BCUT2D eigenvalue weighted by molar-refractivity contribution is 7.90. The Labute approximate surface area is 129 Å². The summed E-state index contributed by atoms with van der Waals surface area (Å²) < 4.78 is 24.1. The van der Waals surface area contributed by atoms with Gasteiger partial charge in [0.25, 0.3) is 0 Å². The maximum Gasteiger partial charge on any atom is 0.215 e. The lowest BCUT2D eigenvalue weighted by Gasteiger charge is -1.98. The lowest BCUT2D eigenvalue weighted by molar-refractivity contribution is 0.602. The van der Waals surface area contributed by atoms with E-state index in [1.165, 1.54) is 23.8 Å². The number of aromatic nitrogens is 4. The summed E-state index contributed by atoms with van der Waals surface area (Å²) in [6.45, 7) is 0. The summed E-state index contributed by atoms with van der Waals surface area (Å²) in [6, 6.07) is 4.83. The molecule has 0 saturated heterocycles. The number of hydrogen-bond acceptors (Lipinski definition) is 8. The van der Waals surface area contributed by atoms with E-state index in [-0.39, 0.29) is 9.67 Å². The normalized spacial score (nSPS) is 11.7. The highest BCUT2D eigenvalue weighted by Gasteiger charge is 2.11. The fourth-order valence-corrected chi connectivity index (χ4v) is 3.46. The predicted octanol–water partition coefficient (Wildman–Crippen LogP) is 2.29. The number of fused-ring (bicyclic) bond motifs is 1. The molecule has 10 heteroatoms. The van der Waals surface area contributed by atoms with Crippen LogP contribution in [0.1, 0.15) is 0 Å². The maximum absolute atomic E-state index is 11.5. The van der Waals surface area contributed by atoms with Crippen LogP contribution >= 0.6 is 23.6 Å². The standard InChI is InChI=1S/C11H9N5O2S3/c1-21(17,18)6-2-3-7-8(4-6)20-11(13-7)15-9-5-12-16-10(19)14-9/h2-5H,1H3,(H2,13,14,15,16,19). The zero-order valence-corrected chi connectivity index (χ0v) is 13.1. The van der Waals surface area contributed by atoms with Gasteiger partial charge in [0.05, 0.1) is 21.3 Å². The van der Waals surface area contributed by atoms with Gasteiger partial charge in [0.15, 0.2) is 20.8 Å². The number of benzene rings is 1. The molecule has 2 N–H and O–H groups in total. The number of thiazole rings is 1. The zero-order chi connectivity index (χ0) is 15.0. The SMILES string of the molecule is CS(=O)(=O)c1ccc2nc(Nc3cn[nH]c(=S)n3)sc2c1.